The molecule has 1 fully saturated rings. The molecule has 0 spiro atoms. The van der Waals surface area contributed by atoms with Crippen LogP contribution in [0.5, 0.6) is 0 Å². The van der Waals surface area contributed by atoms with E-state index in [9.17, 15) is 8.42 Å². The van der Waals surface area contributed by atoms with Gasteiger partial charge in [0, 0.05) is 0 Å². The molecule has 5 heteroatoms. The Morgan fingerprint density at radius 3 is 2.29 bits per heavy atom. The maximum Gasteiger partial charge on any atom is 0.397 e. The Balaban J connectivity index is 2.06. The van der Waals surface area contributed by atoms with Gasteiger partial charge in [-0.1, -0.05) is 39.0 Å². The van der Waals surface area contributed by atoms with Crippen LogP contribution in [0, 0.1) is 11.8 Å². The van der Waals surface area contributed by atoms with E-state index in [1.807, 2.05) is 0 Å². The number of hydrogen-bond donors (Lipinski definition) is 1. The molecule has 17 heavy (non-hydrogen) atoms. The van der Waals surface area contributed by atoms with Gasteiger partial charge in [-0.25, -0.2) is 4.18 Å². The van der Waals surface area contributed by atoms with Gasteiger partial charge in [-0.3, -0.25) is 4.55 Å². The van der Waals surface area contributed by atoms with E-state index in [-0.39, 0.29) is 6.61 Å². The summed E-state index contributed by atoms with van der Waals surface area (Å²) in [6.07, 6.45) is 9.53. The van der Waals surface area contributed by atoms with Gasteiger partial charge in [-0.05, 0) is 31.1 Å². The van der Waals surface area contributed by atoms with Crippen LogP contribution in [-0.2, 0) is 14.6 Å². The molecule has 1 aliphatic carbocycles. The molecule has 1 saturated carbocycles. The average Bonchev–Trinajstić information content (AvgIpc) is 2.68. The van der Waals surface area contributed by atoms with Crippen LogP contribution in [0.3, 0.4) is 0 Å². The summed E-state index contributed by atoms with van der Waals surface area (Å²) in [7, 11) is -4.24. The normalized spacial score (nSPS) is 25.3. The fraction of sp³-hybridized carbons (Fsp3) is 1.00. The first-order valence-corrected chi connectivity index (χ1v) is 7.99. The lowest BCUT2D eigenvalue weighted by Crippen LogP contribution is -2.06. The molecule has 1 aliphatic rings. The molecule has 0 radical (unpaired) electrons. The van der Waals surface area contributed by atoms with Gasteiger partial charge in [0.1, 0.15) is 0 Å². The average molecular weight is 264 g/mol. The highest BCUT2D eigenvalue weighted by atomic mass is 32.3. The van der Waals surface area contributed by atoms with Crippen LogP contribution in [0.2, 0.25) is 0 Å². The predicted octanol–water partition coefficient (Wildman–Crippen LogP) is 3.19. The predicted molar refractivity (Wildman–Crippen MR) is 67.1 cm³/mol. The number of hydrogen-bond acceptors (Lipinski definition) is 3. The Morgan fingerprint density at radius 1 is 1.18 bits per heavy atom. The molecule has 2 unspecified atom stereocenters. The molecule has 0 bridgehead atoms. The summed E-state index contributed by atoms with van der Waals surface area (Å²) in [5, 5.41) is 0. The highest BCUT2D eigenvalue weighted by molar-refractivity contribution is 7.80. The van der Waals surface area contributed by atoms with Crippen LogP contribution in [-0.4, -0.2) is 19.6 Å². The third kappa shape index (κ3) is 7.01. The van der Waals surface area contributed by atoms with Gasteiger partial charge in [-0.15, -0.1) is 0 Å². The first-order chi connectivity index (χ1) is 8.01. The molecule has 0 amide bonds. The molecule has 0 saturated heterocycles. The summed E-state index contributed by atoms with van der Waals surface area (Å²) >= 11 is 0. The first kappa shape index (κ1) is 14.9. The van der Waals surface area contributed by atoms with E-state index in [1.54, 1.807) is 0 Å². The molecule has 102 valence electrons. The zero-order valence-corrected chi connectivity index (χ0v) is 11.4. The molecular formula is C12H24O4S. The molecule has 2 atom stereocenters. The molecule has 0 aliphatic heterocycles. The van der Waals surface area contributed by atoms with Crippen molar-refractivity contribution in [1.29, 1.82) is 0 Å². The second kappa shape index (κ2) is 7.34. The Labute approximate surface area is 105 Å². The van der Waals surface area contributed by atoms with Crippen molar-refractivity contribution in [1.82, 2.24) is 0 Å². The van der Waals surface area contributed by atoms with Gasteiger partial charge < -0.3 is 0 Å². The summed E-state index contributed by atoms with van der Waals surface area (Å²) in [6.45, 7) is 2.33. The Hall–Kier alpha value is -0.130. The van der Waals surface area contributed by atoms with Crippen molar-refractivity contribution in [3.05, 3.63) is 0 Å². The molecule has 1 N–H and O–H groups in total. The highest BCUT2D eigenvalue weighted by Gasteiger charge is 2.23. The minimum Gasteiger partial charge on any atom is -0.264 e. The van der Waals surface area contributed by atoms with Crippen molar-refractivity contribution in [3.8, 4) is 0 Å². The standard InChI is InChI=1S/C12H24O4S/c1-2-3-5-11-7-8-12(10-11)6-4-9-16-17(13,14)15/h11-12H,2-10H2,1H3,(H,13,14,15). The fourth-order valence-electron chi connectivity index (χ4n) is 2.73. The molecule has 0 aromatic rings. The monoisotopic (exact) mass is 264 g/mol. The second-order valence-corrected chi connectivity index (χ2v) is 6.17. The van der Waals surface area contributed by atoms with E-state index < -0.39 is 10.4 Å². The molecule has 0 heterocycles. The Bertz CT molecular complexity index is 300. The van der Waals surface area contributed by atoms with Crippen LogP contribution >= 0.6 is 0 Å². The van der Waals surface area contributed by atoms with E-state index in [4.69, 9.17) is 4.55 Å². The van der Waals surface area contributed by atoms with Gasteiger partial charge in [-0.2, -0.15) is 8.42 Å². The van der Waals surface area contributed by atoms with Gasteiger partial charge in [0.05, 0.1) is 6.61 Å². The van der Waals surface area contributed by atoms with Gasteiger partial charge >= 0.3 is 10.4 Å². The zero-order valence-electron chi connectivity index (χ0n) is 10.6. The summed E-state index contributed by atoms with van der Waals surface area (Å²) in [5.74, 6) is 1.60. The zero-order chi connectivity index (χ0) is 12.7. The second-order valence-electron chi connectivity index (χ2n) is 5.08. The summed E-state index contributed by atoms with van der Waals surface area (Å²) in [6, 6.07) is 0. The van der Waals surface area contributed by atoms with E-state index >= 15 is 0 Å². The van der Waals surface area contributed by atoms with Gasteiger partial charge in [0.15, 0.2) is 0 Å². The maximum atomic E-state index is 10.3. The molecule has 0 aromatic carbocycles. The van der Waals surface area contributed by atoms with E-state index in [0.29, 0.717) is 6.42 Å². The first-order valence-electron chi connectivity index (χ1n) is 6.63. The largest absolute Gasteiger partial charge is 0.397 e. The van der Waals surface area contributed by atoms with Crippen LogP contribution in [0.1, 0.15) is 58.3 Å². The van der Waals surface area contributed by atoms with E-state index in [1.165, 1.54) is 38.5 Å². The van der Waals surface area contributed by atoms with Crippen molar-refractivity contribution >= 4 is 10.4 Å². The minimum atomic E-state index is -4.24. The van der Waals surface area contributed by atoms with Crippen LogP contribution in [0.15, 0.2) is 0 Å². The third-order valence-corrected chi connectivity index (χ3v) is 4.07. The number of unbranched alkanes of at least 4 members (excludes halogenated alkanes) is 1. The molecule has 4 nitrogen and oxygen atoms in total. The highest BCUT2D eigenvalue weighted by Crippen LogP contribution is 2.36. The summed E-state index contributed by atoms with van der Waals surface area (Å²) < 4.78 is 33.4. The topological polar surface area (TPSA) is 63.6 Å². The molecule has 1 rings (SSSR count). The van der Waals surface area contributed by atoms with Crippen LogP contribution < -0.4 is 0 Å². The van der Waals surface area contributed by atoms with Gasteiger partial charge in [0.2, 0.25) is 0 Å². The quantitative estimate of drug-likeness (QED) is 0.540. The molecule has 0 aromatic heterocycles. The van der Waals surface area contributed by atoms with E-state index in [2.05, 4.69) is 11.1 Å². The maximum absolute atomic E-state index is 10.3. The summed E-state index contributed by atoms with van der Waals surface area (Å²) in [4.78, 5) is 0. The smallest absolute Gasteiger partial charge is 0.264 e. The van der Waals surface area contributed by atoms with Gasteiger partial charge in [0.25, 0.3) is 0 Å². The van der Waals surface area contributed by atoms with Crippen molar-refractivity contribution < 1.29 is 17.2 Å². The SMILES string of the molecule is CCCCC1CCC(CCCOS(=O)(=O)O)C1. The minimum absolute atomic E-state index is 0.106. The van der Waals surface area contributed by atoms with Crippen molar-refractivity contribution in [2.45, 2.75) is 58.3 Å². The molecular weight excluding hydrogens is 240 g/mol. The number of rotatable bonds is 8. The Morgan fingerprint density at radius 2 is 1.76 bits per heavy atom. The lowest BCUT2D eigenvalue weighted by Gasteiger charge is -2.10. The van der Waals surface area contributed by atoms with Crippen molar-refractivity contribution in [3.63, 3.8) is 0 Å². The third-order valence-electron chi connectivity index (χ3n) is 3.60. The lowest BCUT2D eigenvalue weighted by molar-refractivity contribution is 0.254. The lowest BCUT2D eigenvalue weighted by atomic mass is 9.97. The van der Waals surface area contributed by atoms with Crippen molar-refractivity contribution in [2.24, 2.45) is 11.8 Å². The van der Waals surface area contributed by atoms with Crippen LogP contribution in [0.25, 0.3) is 0 Å². The Kier molecular flexibility index (Phi) is 6.44. The summed E-state index contributed by atoms with van der Waals surface area (Å²) in [5.41, 5.74) is 0. The van der Waals surface area contributed by atoms with Crippen LogP contribution in [0.4, 0.5) is 0 Å². The van der Waals surface area contributed by atoms with E-state index in [0.717, 1.165) is 18.3 Å². The fourth-order valence-corrected chi connectivity index (χ4v) is 3.06. The van der Waals surface area contributed by atoms with Crippen molar-refractivity contribution in [2.75, 3.05) is 6.61 Å².